The van der Waals surface area contributed by atoms with Crippen molar-refractivity contribution in [1.29, 1.82) is 0 Å². The Labute approximate surface area is 135 Å². The highest BCUT2D eigenvalue weighted by atomic mass is 32.2. The standard InChI is InChI=1S/C19H18O2S/c1-13-8-4-6-10-15(13)17(20)12-18(22-3)19(21)16-11-7-5-9-14(16)2/h4-12H,1-3H3/b18-12-. The zero-order valence-corrected chi connectivity index (χ0v) is 13.7. The quantitative estimate of drug-likeness (QED) is 0.597. The summed E-state index contributed by atoms with van der Waals surface area (Å²) < 4.78 is 0. The lowest BCUT2D eigenvalue weighted by atomic mass is 10.0. The number of thioether (sulfide) groups is 1. The van der Waals surface area contributed by atoms with Gasteiger partial charge in [-0.05, 0) is 31.2 Å². The molecule has 0 amide bonds. The van der Waals surface area contributed by atoms with Crippen molar-refractivity contribution in [2.75, 3.05) is 6.26 Å². The van der Waals surface area contributed by atoms with Crippen molar-refractivity contribution in [3.8, 4) is 0 Å². The third-order valence-corrected chi connectivity index (χ3v) is 4.25. The lowest BCUT2D eigenvalue weighted by molar-refractivity contribution is 0.101. The molecule has 0 heterocycles. The van der Waals surface area contributed by atoms with E-state index in [2.05, 4.69) is 0 Å². The van der Waals surface area contributed by atoms with E-state index < -0.39 is 0 Å². The van der Waals surface area contributed by atoms with Crippen LogP contribution in [0.4, 0.5) is 0 Å². The topological polar surface area (TPSA) is 34.1 Å². The molecule has 2 aromatic carbocycles. The fourth-order valence-electron chi connectivity index (χ4n) is 2.22. The highest BCUT2D eigenvalue weighted by Gasteiger charge is 2.16. The van der Waals surface area contributed by atoms with Crippen molar-refractivity contribution >= 4 is 23.3 Å². The van der Waals surface area contributed by atoms with Crippen LogP contribution in [0.3, 0.4) is 0 Å². The van der Waals surface area contributed by atoms with Crippen molar-refractivity contribution in [3.63, 3.8) is 0 Å². The second-order valence-electron chi connectivity index (χ2n) is 5.04. The Bertz CT molecular complexity index is 745. The van der Waals surface area contributed by atoms with E-state index in [4.69, 9.17) is 0 Å². The number of Topliss-reactive ketones (excluding diaryl/α,β-unsaturated/α-hetero) is 1. The van der Waals surface area contributed by atoms with Crippen LogP contribution in [0.1, 0.15) is 31.8 Å². The van der Waals surface area contributed by atoms with E-state index >= 15 is 0 Å². The Hall–Kier alpha value is -2.13. The molecule has 112 valence electrons. The van der Waals surface area contributed by atoms with E-state index in [0.717, 1.165) is 11.1 Å². The molecule has 2 rings (SSSR count). The van der Waals surface area contributed by atoms with Crippen molar-refractivity contribution in [2.45, 2.75) is 13.8 Å². The van der Waals surface area contributed by atoms with Gasteiger partial charge in [0, 0.05) is 17.2 Å². The lowest BCUT2D eigenvalue weighted by Crippen LogP contribution is -2.06. The van der Waals surface area contributed by atoms with Crippen molar-refractivity contribution < 1.29 is 9.59 Å². The molecule has 3 heteroatoms. The highest BCUT2D eigenvalue weighted by Crippen LogP contribution is 2.22. The first kappa shape index (κ1) is 16.2. The van der Waals surface area contributed by atoms with Crippen molar-refractivity contribution in [3.05, 3.63) is 81.8 Å². The van der Waals surface area contributed by atoms with Crippen LogP contribution in [-0.2, 0) is 0 Å². The van der Waals surface area contributed by atoms with Crippen LogP contribution in [0, 0.1) is 13.8 Å². The summed E-state index contributed by atoms with van der Waals surface area (Å²) in [5.41, 5.74) is 3.09. The molecule has 0 N–H and O–H groups in total. The Morgan fingerprint density at radius 3 is 1.86 bits per heavy atom. The number of benzene rings is 2. The Balaban J connectivity index is 2.36. The maximum absolute atomic E-state index is 12.6. The van der Waals surface area contributed by atoms with Crippen LogP contribution in [-0.4, -0.2) is 17.8 Å². The summed E-state index contributed by atoms with van der Waals surface area (Å²) in [6, 6.07) is 14.8. The second kappa shape index (κ2) is 7.23. The van der Waals surface area contributed by atoms with Crippen LogP contribution in [0.2, 0.25) is 0 Å². The predicted octanol–water partition coefficient (Wildman–Crippen LogP) is 4.62. The van der Waals surface area contributed by atoms with Gasteiger partial charge >= 0.3 is 0 Å². The van der Waals surface area contributed by atoms with Crippen LogP contribution in [0.15, 0.2) is 59.5 Å². The molecular weight excluding hydrogens is 292 g/mol. The monoisotopic (exact) mass is 310 g/mol. The molecule has 0 saturated heterocycles. The number of carbonyl (C=O) groups excluding carboxylic acids is 2. The average molecular weight is 310 g/mol. The highest BCUT2D eigenvalue weighted by molar-refractivity contribution is 8.03. The molecule has 0 spiro atoms. The molecule has 0 bridgehead atoms. The third-order valence-electron chi connectivity index (χ3n) is 3.51. The van der Waals surface area contributed by atoms with Crippen molar-refractivity contribution in [1.82, 2.24) is 0 Å². The maximum Gasteiger partial charge on any atom is 0.199 e. The summed E-state index contributed by atoms with van der Waals surface area (Å²) in [6.45, 7) is 3.79. The van der Waals surface area contributed by atoms with Gasteiger partial charge in [0.1, 0.15) is 0 Å². The first-order valence-corrected chi connectivity index (χ1v) is 8.23. The van der Waals surface area contributed by atoms with Gasteiger partial charge in [0.2, 0.25) is 0 Å². The normalized spacial score (nSPS) is 11.3. The molecule has 0 atom stereocenters. The second-order valence-corrected chi connectivity index (χ2v) is 5.88. The summed E-state index contributed by atoms with van der Waals surface area (Å²) in [5, 5.41) is 0. The zero-order valence-electron chi connectivity index (χ0n) is 12.9. The minimum absolute atomic E-state index is 0.104. The number of hydrogen-bond acceptors (Lipinski definition) is 3. The molecule has 0 fully saturated rings. The van der Waals surface area contributed by atoms with Gasteiger partial charge in [0.05, 0.1) is 4.91 Å². The van der Waals surface area contributed by atoms with Crippen molar-refractivity contribution in [2.24, 2.45) is 0 Å². The number of rotatable bonds is 5. The van der Waals surface area contributed by atoms with Crippen LogP contribution < -0.4 is 0 Å². The number of carbonyl (C=O) groups is 2. The molecule has 0 saturated carbocycles. The molecule has 2 aromatic rings. The number of ketones is 2. The summed E-state index contributed by atoms with van der Waals surface area (Å²) in [4.78, 5) is 25.5. The fraction of sp³-hybridized carbons (Fsp3) is 0.158. The first-order chi connectivity index (χ1) is 10.5. The van der Waals surface area contributed by atoms with E-state index in [1.54, 1.807) is 12.1 Å². The molecule has 0 aliphatic carbocycles. The van der Waals surface area contributed by atoms with Gasteiger partial charge in [0.15, 0.2) is 11.6 Å². The number of allylic oxidation sites excluding steroid dienone is 2. The van der Waals surface area contributed by atoms with E-state index in [1.807, 2.05) is 56.5 Å². The fourth-order valence-corrected chi connectivity index (χ4v) is 2.74. The lowest BCUT2D eigenvalue weighted by Gasteiger charge is -2.07. The predicted molar refractivity (Wildman–Crippen MR) is 92.6 cm³/mol. The minimum Gasteiger partial charge on any atom is -0.289 e. The van der Waals surface area contributed by atoms with E-state index in [1.165, 1.54) is 17.8 Å². The summed E-state index contributed by atoms with van der Waals surface area (Å²) in [6.07, 6.45) is 3.26. The summed E-state index contributed by atoms with van der Waals surface area (Å²) in [7, 11) is 0. The Morgan fingerprint density at radius 1 is 0.864 bits per heavy atom. The van der Waals surface area contributed by atoms with Gasteiger partial charge in [0.25, 0.3) is 0 Å². The van der Waals surface area contributed by atoms with Crippen LogP contribution >= 0.6 is 11.8 Å². The smallest absolute Gasteiger partial charge is 0.199 e. The molecule has 0 unspecified atom stereocenters. The molecule has 0 aromatic heterocycles. The molecule has 22 heavy (non-hydrogen) atoms. The van der Waals surface area contributed by atoms with Gasteiger partial charge in [-0.1, -0.05) is 48.5 Å². The Kier molecular flexibility index (Phi) is 5.34. The first-order valence-electron chi connectivity index (χ1n) is 7.00. The maximum atomic E-state index is 12.6. The van der Waals surface area contributed by atoms with E-state index in [-0.39, 0.29) is 11.6 Å². The zero-order chi connectivity index (χ0) is 16.1. The summed E-state index contributed by atoms with van der Waals surface area (Å²) in [5.74, 6) is -0.239. The van der Waals surface area contributed by atoms with Gasteiger partial charge < -0.3 is 0 Å². The molecule has 0 radical (unpaired) electrons. The van der Waals surface area contributed by atoms with E-state index in [9.17, 15) is 9.59 Å². The van der Waals surface area contributed by atoms with Gasteiger partial charge in [-0.15, -0.1) is 11.8 Å². The van der Waals surface area contributed by atoms with Gasteiger partial charge in [-0.3, -0.25) is 9.59 Å². The Morgan fingerprint density at radius 2 is 1.36 bits per heavy atom. The largest absolute Gasteiger partial charge is 0.289 e. The molecule has 0 aliphatic rings. The SMILES string of the molecule is CS/C(=C\C(=O)c1ccccc1C)C(=O)c1ccccc1C. The molecule has 0 aliphatic heterocycles. The average Bonchev–Trinajstić information content (AvgIpc) is 2.52. The van der Waals surface area contributed by atoms with Crippen LogP contribution in [0.5, 0.6) is 0 Å². The van der Waals surface area contributed by atoms with Gasteiger partial charge in [-0.2, -0.15) is 0 Å². The minimum atomic E-state index is -0.135. The number of hydrogen-bond donors (Lipinski definition) is 0. The summed E-state index contributed by atoms with van der Waals surface area (Å²) >= 11 is 1.30. The number of aryl methyl sites for hydroxylation is 2. The van der Waals surface area contributed by atoms with E-state index in [0.29, 0.717) is 16.0 Å². The third kappa shape index (κ3) is 3.55. The van der Waals surface area contributed by atoms with Gasteiger partial charge in [-0.25, -0.2) is 0 Å². The molecule has 2 nitrogen and oxygen atoms in total. The van der Waals surface area contributed by atoms with Crippen LogP contribution in [0.25, 0.3) is 0 Å². The molecular formula is C19H18O2S.